The van der Waals surface area contributed by atoms with Crippen LogP contribution < -0.4 is 5.32 Å². The van der Waals surface area contributed by atoms with E-state index < -0.39 is 17.7 Å². The molecule has 1 aromatic heterocycles. The van der Waals surface area contributed by atoms with E-state index in [2.05, 4.69) is 15.5 Å². The number of carbonyl (C=O) groups is 2. The lowest BCUT2D eigenvalue weighted by Crippen LogP contribution is -2.34. The zero-order valence-corrected chi connectivity index (χ0v) is 14.5. The summed E-state index contributed by atoms with van der Waals surface area (Å²) in [7, 11) is 3.35. The van der Waals surface area contributed by atoms with E-state index in [1.807, 2.05) is 0 Å². The fourth-order valence-electron chi connectivity index (χ4n) is 1.25. The second-order valence-corrected chi connectivity index (χ2v) is 6.78. The van der Waals surface area contributed by atoms with E-state index in [-0.39, 0.29) is 22.8 Å². The van der Waals surface area contributed by atoms with Crippen LogP contribution in [0.25, 0.3) is 0 Å². The van der Waals surface area contributed by atoms with Crippen LogP contribution in [0.4, 0.5) is 4.79 Å². The topological polar surface area (TPSA) is 97.6 Å². The van der Waals surface area contributed by atoms with E-state index in [0.717, 1.165) is 11.8 Å². The Morgan fingerprint density at radius 2 is 2.00 bits per heavy atom. The SMILES string of the molecule is C[C@@H](NC(=O)OC(C)(C)C)c1nnc(SCC(=O)N(C)C)o1. The molecular formula is C13H22N4O4S. The summed E-state index contributed by atoms with van der Waals surface area (Å²) < 4.78 is 10.6. The van der Waals surface area contributed by atoms with Gasteiger partial charge < -0.3 is 19.4 Å². The van der Waals surface area contributed by atoms with Gasteiger partial charge in [-0.1, -0.05) is 11.8 Å². The van der Waals surface area contributed by atoms with Crippen molar-refractivity contribution in [2.24, 2.45) is 0 Å². The molecule has 1 rings (SSSR count). The molecule has 8 nitrogen and oxygen atoms in total. The van der Waals surface area contributed by atoms with Gasteiger partial charge in [0.2, 0.25) is 11.8 Å². The molecule has 9 heteroatoms. The molecule has 2 amide bonds. The van der Waals surface area contributed by atoms with Gasteiger partial charge in [-0.25, -0.2) is 4.79 Å². The van der Waals surface area contributed by atoms with Crippen molar-refractivity contribution in [3.05, 3.63) is 5.89 Å². The molecule has 1 atom stereocenters. The Labute approximate surface area is 134 Å². The van der Waals surface area contributed by atoms with Crippen LogP contribution in [0.15, 0.2) is 9.64 Å². The standard InChI is InChI=1S/C13H22N4O4S/c1-8(14-11(19)21-13(2,3)4)10-15-16-12(20-10)22-7-9(18)17(5)6/h8H,7H2,1-6H3,(H,14,19)/t8-/m1/s1. The van der Waals surface area contributed by atoms with Gasteiger partial charge in [-0.15, -0.1) is 10.2 Å². The summed E-state index contributed by atoms with van der Waals surface area (Å²) in [4.78, 5) is 24.6. The van der Waals surface area contributed by atoms with Gasteiger partial charge in [-0.2, -0.15) is 0 Å². The molecule has 22 heavy (non-hydrogen) atoms. The van der Waals surface area contributed by atoms with Gasteiger partial charge in [-0.3, -0.25) is 4.79 Å². The number of hydrogen-bond donors (Lipinski definition) is 1. The smallest absolute Gasteiger partial charge is 0.408 e. The molecule has 0 saturated carbocycles. The van der Waals surface area contributed by atoms with Crippen molar-refractivity contribution in [3.8, 4) is 0 Å². The number of nitrogens with zero attached hydrogens (tertiary/aromatic N) is 3. The second kappa shape index (κ2) is 7.48. The number of aromatic nitrogens is 2. The third-order valence-corrected chi connectivity index (χ3v) is 3.15. The molecule has 0 spiro atoms. The highest BCUT2D eigenvalue weighted by Gasteiger charge is 2.21. The molecule has 0 aromatic carbocycles. The van der Waals surface area contributed by atoms with Crippen LogP contribution >= 0.6 is 11.8 Å². The lowest BCUT2D eigenvalue weighted by atomic mass is 10.2. The molecule has 0 saturated heterocycles. The monoisotopic (exact) mass is 330 g/mol. The van der Waals surface area contributed by atoms with E-state index in [1.165, 1.54) is 4.90 Å². The maximum atomic E-state index is 11.7. The van der Waals surface area contributed by atoms with Crippen molar-refractivity contribution >= 4 is 23.8 Å². The van der Waals surface area contributed by atoms with Gasteiger partial charge in [-0.05, 0) is 27.7 Å². The molecule has 1 aromatic rings. The quantitative estimate of drug-likeness (QED) is 0.822. The van der Waals surface area contributed by atoms with Gasteiger partial charge in [0.15, 0.2) is 0 Å². The minimum Gasteiger partial charge on any atom is -0.444 e. The molecule has 0 radical (unpaired) electrons. The number of alkyl carbamates (subject to hydrolysis) is 1. The molecule has 0 aliphatic heterocycles. The normalized spacial score (nSPS) is 12.6. The Morgan fingerprint density at radius 3 is 2.55 bits per heavy atom. The third kappa shape index (κ3) is 6.33. The fraction of sp³-hybridized carbons (Fsp3) is 0.692. The fourth-order valence-corrected chi connectivity index (χ4v) is 2.00. The van der Waals surface area contributed by atoms with Crippen LogP contribution in [0.1, 0.15) is 39.6 Å². The predicted octanol–water partition coefficient (Wildman–Crippen LogP) is 1.84. The van der Waals surface area contributed by atoms with Gasteiger partial charge in [0.1, 0.15) is 11.6 Å². The zero-order valence-electron chi connectivity index (χ0n) is 13.7. The van der Waals surface area contributed by atoms with Crippen molar-refractivity contribution in [3.63, 3.8) is 0 Å². The minimum absolute atomic E-state index is 0.0512. The van der Waals surface area contributed by atoms with Gasteiger partial charge in [0.25, 0.3) is 5.22 Å². The largest absolute Gasteiger partial charge is 0.444 e. The number of nitrogens with one attached hydrogen (secondary N) is 1. The van der Waals surface area contributed by atoms with Crippen LogP contribution in [0.3, 0.4) is 0 Å². The van der Waals surface area contributed by atoms with Gasteiger partial charge in [0, 0.05) is 14.1 Å². The first-order valence-corrected chi connectivity index (χ1v) is 7.73. The molecule has 1 heterocycles. The molecule has 124 valence electrons. The number of carbonyl (C=O) groups excluding carboxylic acids is 2. The first-order chi connectivity index (χ1) is 10.1. The highest BCUT2D eigenvalue weighted by Crippen LogP contribution is 2.20. The van der Waals surface area contributed by atoms with Crippen LogP contribution in [0.2, 0.25) is 0 Å². The Bertz CT molecular complexity index is 524. The lowest BCUT2D eigenvalue weighted by molar-refractivity contribution is -0.125. The third-order valence-electron chi connectivity index (χ3n) is 2.34. The molecule has 0 aliphatic rings. The molecular weight excluding hydrogens is 308 g/mol. The summed E-state index contributed by atoms with van der Waals surface area (Å²) in [6, 6.07) is -0.485. The summed E-state index contributed by atoms with van der Waals surface area (Å²) in [6.07, 6.45) is -0.560. The second-order valence-electron chi connectivity index (χ2n) is 5.85. The Hall–Kier alpha value is -1.77. The summed E-state index contributed by atoms with van der Waals surface area (Å²) in [5.41, 5.74) is -0.577. The van der Waals surface area contributed by atoms with E-state index in [4.69, 9.17) is 9.15 Å². The van der Waals surface area contributed by atoms with E-state index in [1.54, 1.807) is 41.8 Å². The Morgan fingerprint density at radius 1 is 1.36 bits per heavy atom. The maximum absolute atomic E-state index is 11.7. The lowest BCUT2D eigenvalue weighted by Gasteiger charge is -2.20. The Balaban J connectivity index is 2.52. The number of thioether (sulfide) groups is 1. The molecule has 0 aliphatic carbocycles. The number of rotatable bonds is 5. The molecule has 1 N–H and O–H groups in total. The average molecular weight is 330 g/mol. The van der Waals surface area contributed by atoms with Crippen molar-refractivity contribution in [2.75, 3.05) is 19.8 Å². The maximum Gasteiger partial charge on any atom is 0.408 e. The van der Waals surface area contributed by atoms with Crippen molar-refractivity contribution in [1.82, 2.24) is 20.4 Å². The van der Waals surface area contributed by atoms with Crippen LogP contribution in [0.5, 0.6) is 0 Å². The minimum atomic E-state index is -0.577. The van der Waals surface area contributed by atoms with Crippen LogP contribution in [-0.4, -0.2) is 52.5 Å². The highest BCUT2D eigenvalue weighted by atomic mass is 32.2. The Kier molecular flexibility index (Phi) is 6.21. The summed E-state index contributed by atoms with van der Waals surface area (Å²) in [5, 5.41) is 10.6. The number of hydrogen-bond acceptors (Lipinski definition) is 7. The first kappa shape index (κ1) is 18.3. The van der Waals surface area contributed by atoms with E-state index in [0.29, 0.717) is 0 Å². The van der Waals surface area contributed by atoms with Crippen LogP contribution in [-0.2, 0) is 9.53 Å². The summed E-state index contributed by atoms with van der Waals surface area (Å²) in [5.74, 6) is 0.415. The average Bonchev–Trinajstić information content (AvgIpc) is 2.81. The molecule has 0 fully saturated rings. The highest BCUT2D eigenvalue weighted by molar-refractivity contribution is 7.99. The zero-order chi connectivity index (χ0) is 16.9. The molecule has 0 bridgehead atoms. The van der Waals surface area contributed by atoms with E-state index >= 15 is 0 Å². The van der Waals surface area contributed by atoms with E-state index in [9.17, 15) is 9.59 Å². The van der Waals surface area contributed by atoms with Crippen LogP contribution in [0, 0.1) is 0 Å². The van der Waals surface area contributed by atoms with Crippen molar-refractivity contribution < 1.29 is 18.7 Å². The van der Waals surface area contributed by atoms with Crippen molar-refractivity contribution in [1.29, 1.82) is 0 Å². The van der Waals surface area contributed by atoms with Crippen molar-refractivity contribution in [2.45, 2.75) is 44.6 Å². The first-order valence-electron chi connectivity index (χ1n) is 6.74. The predicted molar refractivity (Wildman–Crippen MR) is 81.5 cm³/mol. The summed E-state index contributed by atoms with van der Waals surface area (Å²) in [6.45, 7) is 7.04. The summed E-state index contributed by atoms with van der Waals surface area (Å²) >= 11 is 1.15. The van der Waals surface area contributed by atoms with Gasteiger partial charge >= 0.3 is 6.09 Å². The molecule has 0 unspecified atom stereocenters. The number of ether oxygens (including phenoxy) is 1. The number of amides is 2. The van der Waals surface area contributed by atoms with Gasteiger partial charge in [0.05, 0.1) is 5.75 Å².